The fourth-order valence-electron chi connectivity index (χ4n) is 1.52. The number of aromatic carboxylic acids is 1. The Kier molecular flexibility index (Phi) is 5.75. The Hall–Kier alpha value is -2.32. The van der Waals surface area contributed by atoms with Crippen molar-refractivity contribution in [2.45, 2.75) is 0 Å². The van der Waals surface area contributed by atoms with Gasteiger partial charge in [-0.25, -0.2) is 9.59 Å². The van der Waals surface area contributed by atoms with Gasteiger partial charge in [-0.15, -0.1) is 0 Å². The van der Waals surface area contributed by atoms with E-state index in [-0.39, 0.29) is 43.3 Å². The summed E-state index contributed by atoms with van der Waals surface area (Å²) in [6.07, 6.45) is 0. The van der Waals surface area contributed by atoms with Crippen LogP contribution in [0.25, 0.3) is 0 Å². The van der Waals surface area contributed by atoms with E-state index in [0.29, 0.717) is 0 Å². The lowest BCUT2D eigenvalue weighted by atomic mass is 10.2. The number of nitrogens with one attached hydrogen (secondary N) is 1. The number of urea groups is 1. The summed E-state index contributed by atoms with van der Waals surface area (Å²) in [4.78, 5) is 23.7. The number of nitrogens with zero attached hydrogens (tertiary/aromatic N) is 1. The smallest absolute Gasteiger partial charge is 0.335 e. The summed E-state index contributed by atoms with van der Waals surface area (Å²) in [5.41, 5.74) is -0.0658. The van der Waals surface area contributed by atoms with Crippen molar-refractivity contribution < 1.29 is 30.0 Å². The van der Waals surface area contributed by atoms with Crippen LogP contribution in [0, 0.1) is 0 Å². The Morgan fingerprint density at radius 1 is 1.15 bits per heavy atom. The molecule has 110 valence electrons. The second-order valence-corrected chi connectivity index (χ2v) is 3.90. The molecule has 0 aromatic heterocycles. The first kappa shape index (κ1) is 15.7. The van der Waals surface area contributed by atoms with E-state index >= 15 is 0 Å². The van der Waals surface area contributed by atoms with Gasteiger partial charge in [0, 0.05) is 13.1 Å². The van der Waals surface area contributed by atoms with Crippen LogP contribution in [0.2, 0.25) is 0 Å². The number of phenols is 1. The molecule has 0 spiro atoms. The molecule has 0 aliphatic rings. The number of aliphatic hydroxyl groups is 2. The number of anilines is 1. The Bertz CT molecular complexity index is 485. The summed E-state index contributed by atoms with van der Waals surface area (Å²) in [6.45, 7) is -0.477. The lowest BCUT2D eigenvalue weighted by Gasteiger charge is -2.21. The predicted octanol–water partition coefficient (Wildman–Crippen LogP) is -0.0911. The van der Waals surface area contributed by atoms with E-state index in [1.54, 1.807) is 0 Å². The molecule has 0 saturated heterocycles. The van der Waals surface area contributed by atoms with Crippen molar-refractivity contribution in [3.63, 3.8) is 0 Å². The minimum Gasteiger partial charge on any atom is -0.506 e. The van der Waals surface area contributed by atoms with Gasteiger partial charge in [0.25, 0.3) is 0 Å². The fourth-order valence-corrected chi connectivity index (χ4v) is 1.52. The average molecular weight is 284 g/mol. The van der Waals surface area contributed by atoms with Gasteiger partial charge in [-0.3, -0.25) is 0 Å². The molecular formula is C12H16N2O6. The third kappa shape index (κ3) is 4.11. The van der Waals surface area contributed by atoms with E-state index in [4.69, 9.17) is 15.3 Å². The number of benzene rings is 1. The quantitative estimate of drug-likeness (QED) is 0.464. The molecule has 20 heavy (non-hydrogen) atoms. The number of carboxylic acid groups (broad SMARTS) is 1. The highest BCUT2D eigenvalue weighted by molar-refractivity contribution is 5.93. The van der Waals surface area contributed by atoms with E-state index in [9.17, 15) is 14.7 Å². The number of carbonyl (C=O) groups is 2. The van der Waals surface area contributed by atoms with Crippen molar-refractivity contribution in [2.75, 3.05) is 31.6 Å². The maximum Gasteiger partial charge on any atom is 0.335 e. The first-order chi connectivity index (χ1) is 9.49. The van der Waals surface area contributed by atoms with Crippen LogP contribution in [0.15, 0.2) is 18.2 Å². The molecule has 0 fully saturated rings. The first-order valence-electron chi connectivity index (χ1n) is 5.83. The number of aromatic hydroxyl groups is 1. The number of carbonyl (C=O) groups excluding carboxylic acids is 1. The lowest BCUT2D eigenvalue weighted by molar-refractivity contribution is 0.0696. The van der Waals surface area contributed by atoms with Gasteiger partial charge >= 0.3 is 12.0 Å². The zero-order chi connectivity index (χ0) is 15.1. The van der Waals surface area contributed by atoms with Gasteiger partial charge in [0.2, 0.25) is 0 Å². The molecule has 2 amide bonds. The molecule has 1 aromatic rings. The summed E-state index contributed by atoms with van der Waals surface area (Å²) in [5.74, 6) is -1.58. The summed E-state index contributed by atoms with van der Waals surface area (Å²) < 4.78 is 0. The van der Waals surface area contributed by atoms with Crippen molar-refractivity contribution in [3.8, 4) is 5.75 Å². The molecule has 8 nitrogen and oxygen atoms in total. The first-order valence-corrected chi connectivity index (χ1v) is 5.83. The molecule has 5 N–H and O–H groups in total. The van der Waals surface area contributed by atoms with Crippen molar-refractivity contribution in [2.24, 2.45) is 0 Å². The second kappa shape index (κ2) is 7.31. The number of hydrogen-bond acceptors (Lipinski definition) is 5. The zero-order valence-electron chi connectivity index (χ0n) is 10.6. The normalized spacial score (nSPS) is 10.1. The van der Waals surface area contributed by atoms with Crippen molar-refractivity contribution in [3.05, 3.63) is 23.8 Å². The molecule has 0 heterocycles. The van der Waals surface area contributed by atoms with E-state index in [1.165, 1.54) is 12.1 Å². The molecular weight excluding hydrogens is 268 g/mol. The van der Waals surface area contributed by atoms with Gasteiger partial charge in [0.05, 0.1) is 24.5 Å². The van der Waals surface area contributed by atoms with Gasteiger partial charge in [-0.2, -0.15) is 0 Å². The summed E-state index contributed by atoms with van der Waals surface area (Å²) in [7, 11) is 0. The summed E-state index contributed by atoms with van der Waals surface area (Å²) >= 11 is 0. The number of amides is 2. The van der Waals surface area contributed by atoms with E-state index < -0.39 is 12.0 Å². The summed E-state index contributed by atoms with van der Waals surface area (Å²) in [6, 6.07) is 2.89. The van der Waals surface area contributed by atoms with Crippen LogP contribution < -0.4 is 5.32 Å². The second-order valence-electron chi connectivity index (χ2n) is 3.90. The topological polar surface area (TPSA) is 130 Å². The Morgan fingerprint density at radius 2 is 1.75 bits per heavy atom. The third-order valence-electron chi connectivity index (χ3n) is 2.51. The average Bonchev–Trinajstić information content (AvgIpc) is 2.40. The van der Waals surface area contributed by atoms with Crippen LogP contribution >= 0.6 is 0 Å². The molecule has 0 saturated carbocycles. The fraction of sp³-hybridized carbons (Fsp3) is 0.333. The molecule has 8 heteroatoms. The molecule has 1 aromatic carbocycles. The minimum absolute atomic E-state index is 0.0281. The van der Waals surface area contributed by atoms with E-state index in [1.807, 2.05) is 0 Å². The van der Waals surface area contributed by atoms with Gasteiger partial charge in [0.15, 0.2) is 0 Å². The molecule has 0 bridgehead atoms. The highest BCUT2D eigenvalue weighted by atomic mass is 16.4. The van der Waals surface area contributed by atoms with Gasteiger partial charge in [0.1, 0.15) is 5.75 Å². The summed E-state index contributed by atoms with van der Waals surface area (Å²) in [5, 5.41) is 38.4. The maximum absolute atomic E-state index is 11.8. The third-order valence-corrected chi connectivity index (χ3v) is 2.51. The van der Waals surface area contributed by atoms with Gasteiger partial charge < -0.3 is 30.6 Å². The van der Waals surface area contributed by atoms with Crippen molar-refractivity contribution in [1.82, 2.24) is 4.90 Å². The number of aliphatic hydroxyl groups excluding tert-OH is 2. The standard InChI is InChI=1S/C12H16N2O6/c15-5-3-14(4-6-16)12(20)13-9-2-1-8(11(18)19)7-10(9)17/h1-2,7,15-17H,3-6H2,(H,13,20)(H,18,19). The molecule has 0 atom stereocenters. The number of phenolic OH excluding ortho intramolecular Hbond substituents is 1. The molecule has 0 unspecified atom stereocenters. The van der Waals surface area contributed by atoms with Crippen LogP contribution in [0.4, 0.5) is 10.5 Å². The van der Waals surface area contributed by atoms with Crippen LogP contribution in [-0.4, -0.2) is 63.6 Å². The predicted molar refractivity (Wildman–Crippen MR) is 69.8 cm³/mol. The number of hydrogen-bond donors (Lipinski definition) is 5. The SMILES string of the molecule is O=C(O)c1ccc(NC(=O)N(CCO)CCO)c(O)c1. The highest BCUT2D eigenvalue weighted by Gasteiger charge is 2.15. The van der Waals surface area contributed by atoms with Crippen molar-refractivity contribution in [1.29, 1.82) is 0 Å². The van der Waals surface area contributed by atoms with Crippen LogP contribution in [0.1, 0.15) is 10.4 Å². The van der Waals surface area contributed by atoms with Crippen molar-refractivity contribution >= 4 is 17.7 Å². The molecule has 0 radical (unpaired) electrons. The van der Waals surface area contributed by atoms with Crippen LogP contribution in [0.5, 0.6) is 5.75 Å². The molecule has 0 aliphatic heterocycles. The number of carboxylic acids is 1. The van der Waals surface area contributed by atoms with E-state index in [2.05, 4.69) is 5.32 Å². The largest absolute Gasteiger partial charge is 0.506 e. The zero-order valence-corrected chi connectivity index (χ0v) is 10.6. The molecule has 0 aliphatic carbocycles. The minimum atomic E-state index is -1.19. The van der Waals surface area contributed by atoms with E-state index in [0.717, 1.165) is 11.0 Å². The van der Waals surface area contributed by atoms with Crippen LogP contribution in [0.3, 0.4) is 0 Å². The maximum atomic E-state index is 11.8. The van der Waals surface area contributed by atoms with Gasteiger partial charge in [-0.1, -0.05) is 0 Å². The number of rotatable bonds is 6. The monoisotopic (exact) mass is 284 g/mol. The Balaban J connectivity index is 2.81. The lowest BCUT2D eigenvalue weighted by Crippen LogP contribution is -2.38. The molecule has 1 rings (SSSR count). The highest BCUT2D eigenvalue weighted by Crippen LogP contribution is 2.24. The Labute approximate surface area is 114 Å². The van der Waals surface area contributed by atoms with Crippen LogP contribution in [-0.2, 0) is 0 Å². The van der Waals surface area contributed by atoms with Gasteiger partial charge in [-0.05, 0) is 18.2 Å². The Morgan fingerprint density at radius 3 is 2.20 bits per heavy atom.